The van der Waals surface area contributed by atoms with Gasteiger partial charge in [0.25, 0.3) is 5.91 Å². The number of likely N-dealkylation sites (tertiary alicyclic amines) is 1. The van der Waals surface area contributed by atoms with E-state index in [2.05, 4.69) is 4.98 Å². The van der Waals surface area contributed by atoms with Crippen LogP contribution in [0.5, 0.6) is 5.75 Å². The maximum atomic E-state index is 12.5. The van der Waals surface area contributed by atoms with Crippen LogP contribution in [0.1, 0.15) is 34.6 Å². The van der Waals surface area contributed by atoms with Gasteiger partial charge in [-0.1, -0.05) is 12.1 Å². The Bertz CT molecular complexity index is 832. The normalized spacial score (nSPS) is 21.1. The molecule has 6 nitrogen and oxygen atoms in total. The van der Waals surface area contributed by atoms with Crippen molar-refractivity contribution in [2.24, 2.45) is 0 Å². The molecular formula is C21H24N2O4. The maximum Gasteiger partial charge on any atom is 0.254 e. The van der Waals surface area contributed by atoms with Gasteiger partial charge in [-0.3, -0.25) is 9.78 Å². The van der Waals surface area contributed by atoms with Gasteiger partial charge >= 0.3 is 0 Å². The molecule has 2 saturated heterocycles. The number of carbonyl (C=O) groups is 1. The molecule has 2 aliphatic heterocycles. The fourth-order valence-electron chi connectivity index (χ4n) is 3.84. The van der Waals surface area contributed by atoms with E-state index in [0.717, 1.165) is 24.2 Å². The predicted molar refractivity (Wildman–Crippen MR) is 99.5 cm³/mol. The summed E-state index contributed by atoms with van der Waals surface area (Å²) in [6.07, 6.45) is 1.75. The molecule has 142 valence electrons. The number of phenolic OH excluding ortho intramolecular Hbond substituents is 1. The Morgan fingerprint density at radius 2 is 2.15 bits per heavy atom. The number of aryl methyl sites for hydroxylation is 1. The predicted octanol–water partition coefficient (Wildman–Crippen LogP) is 2.69. The molecule has 0 radical (unpaired) electrons. The number of phenols is 1. The first-order valence-corrected chi connectivity index (χ1v) is 9.29. The van der Waals surface area contributed by atoms with Crippen LogP contribution in [0.2, 0.25) is 0 Å². The molecule has 1 atom stereocenters. The molecule has 0 unspecified atom stereocenters. The molecule has 2 fully saturated rings. The third-order valence-corrected chi connectivity index (χ3v) is 5.20. The van der Waals surface area contributed by atoms with Gasteiger partial charge in [-0.25, -0.2) is 0 Å². The van der Waals surface area contributed by atoms with E-state index in [4.69, 9.17) is 9.47 Å². The van der Waals surface area contributed by atoms with Gasteiger partial charge in [0, 0.05) is 24.3 Å². The Morgan fingerprint density at radius 1 is 1.33 bits per heavy atom. The molecule has 2 aliphatic rings. The lowest BCUT2D eigenvalue weighted by molar-refractivity contribution is -0.188. The van der Waals surface area contributed by atoms with Crippen molar-refractivity contribution in [2.45, 2.75) is 38.1 Å². The minimum atomic E-state index is -0.310. The molecule has 1 amide bonds. The molecule has 27 heavy (non-hydrogen) atoms. The molecule has 6 heteroatoms. The number of rotatable bonds is 4. The number of hydrogen-bond acceptors (Lipinski definition) is 5. The summed E-state index contributed by atoms with van der Waals surface area (Å²) in [7, 11) is 0. The number of nitrogens with zero attached hydrogens (tertiary/aromatic N) is 2. The smallest absolute Gasteiger partial charge is 0.254 e. The van der Waals surface area contributed by atoms with E-state index in [1.54, 1.807) is 23.1 Å². The van der Waals surface area contributed by atoms with Crippen LogP contribution in [-0.2, 0) is 16.1 Å². The standard InChI is InChI=1S/C21H24N2O4/c1-15-4-2-6-17(22-15)12-26-19-8-9-27-21(11-19)13-23(14-21)20(25)16-5-3-7-18(24)10-16/h2-7,10,19,24H,8-9,11-14H2,1H3/t19-/m1/s1. The van der Waals surface area contributed by atoms with Crippen molar-refractivity contribution in [2.75, 3.05) is 19.7 Å². The van der Waals surface area contributed by atoms with Crippen molar-refractivity contribution in [3.8, 4) is 5.75 Å². The molecular weight excluding hydrogens is 344 g/mol. The summed E-state index contributed by atoms with van der Waals surface area (Å²) in [5.41, 5.74) is 2.11. The van der Waals surface area contributed by atoms with Crippen molar-refractivity contribution in [3.63, 3.8) is 0 Å². The summed E-state index contributed by atoms with van der Waals surface area (Å²) in [4.78, 5) is 18.8. The highest BCUT2D eigenvalue weighted by atomic mass is 16.5. The van der Waals surface area contributed by atoms with Crippen LogP contribution < -0.4 is 0 Å². The number of ether oxygens (including phenoxy) is 2. The maximum absolute atomic E-state index is 12.5. The fraction of sp³-hybridized carbons (Fsp3) is 0.429. The van der Waals surface area contributed by atoms with Gasteiger partial charge in [-0.15, -0.1) is 0 Å². The summed E-state index contributed by atoms with van der Waals surface area (Å²) < 4.78 is 12.1. The molecule has 3 heterocycles. The molecule has 1 aromatic carbocycles. The highest BCUT2D eigenvalue weighted by Crippen LogP contribution is 2.36. The summed E-state index contributed by atoms with van der Waals surface area (Å²) in [6.45, 7) is 4.22. The van der Waals surface area contributed by atoms with Gasteiger partial charge in [0.05, 0.1) is 31.5 Å². The Kier molecular flexibility index (Phi) is 4.85. The highest BCUT2D eigenvalue weighted by Gasteiger charge is 2.49. The lowest BCUT2D eigenvalue weighted by Crippen LogP contribution is -2.67. The number of aromatic hydroxyl groups is 1. The quantitative estimate of drug-likeness (QED) is 0.898. The molecule has 0 bridgehead atoms. The Hall–Kier alpha value is -2.44. The molecule has 1 N–H and O–H groups in total. The van der Waals surface area contributed by atoms with E-state index in [9.17, 15) is 9.90 Å². The van der Waals surface area contributed by atoms with E-state index in [0.29, 0.717) is 31.9 Å². The third-order valence-electron chi connectivity index (χ3n) is 5.20. The van der Waals surface area contributed by atoms with Crippen LogP contribution in [0.4, 0.5) is 0 Å². The zero-order chi connectivity index (χ0) is 18.9. The van der Waals surface area contributed by atoms with Crippen molar-refractivity contribution in [1.82, 2.24) is 9.88 Å². The minimum Gasteiger partial charge on any atom is -0.508 e. The number of hydrogen-bond donors (Lipinski definition) is 1. The molecule has 0 aliphatic carbocycles. The lowest BCUT2D eigenvalue weighted by Gasteiger charge is -2.53. The zero-order valence-corrected chi connectivity index (χ0v) is 15.4. The average Bonchev–Trinajstić information content (AvgIpc) is 2.64. The van der Waals surface area contributed by atoms with Gasteiger partial charge in [0.1, 0.15) is 11.4 Å². The van der Waals surface area contributed by atoms with E-state index in [-0.39, 0.29) is 23.4 Å². The first kappa shape index (κ1) is 17.9. The highest BCUT2D eigenvalue weighted by molar-refractivity contribution is 5.95. The molecule has 1 spiro atoms. The van der Waals surface area contributed by atoms with Crippen LogP contribution in [0, 0.1) is 6.92 Å². The average molecular weight is 368 g/mol. The Morgan fingerprint density at radius 3 is 2.93 bits per heavy atom. The first-order valence-electron chi connectivity index (χ1n) is 9.29. The third kappa shape index (κ3) is 3.96. The number of benzene rings is 1. The van der Waals surface area contributed by atoms with Gasteiger partial charge in [-0.2, -0.15) is 0 Å². The monoisotopic (exact) mass is 368 g/mol. The lowest BCUT2D eigenvalue weighted by atomic mass is 9.84. The van der Waals surface area contributed by atoms with Crippen LogP contribution >= 0.6 is 0 Å². The molecule has 2 aromatic rings. The van der Waals surface area contributed by atoms with Gasteiger partial charge in [0.15, 0.2) is 0 Å². The Balaban J connectivity index is 1.32. The summed E-state index contributed by atoms with van der Waals surface area (Å²) in [5.74, 6) is 0.0235. The van der Waals surface area contributed by atoms with Crippen molar-refractivity contribution >= 4 is 5.91 Å². The van der Waals surface area contributed by atoms with Gasteiger partial charge in [0.2, 0.25) is 0 Å². The van der Waals surface area contributed by atoms with E-state index in [1.165, 1.54) is 6.07 Å². The number of amides is 1. The van der Waals surface area contributed by atoms with Gasteiger partial charge < -0.3 is 19.5 Å². The summed E-state index contributed by atoms with van der Waals surface area (Å²) >= 11 is 0. The zero-order valence-electron chi connectivity index (χ0n) is 15.4. The second-order valence-electron chi connectivity index (χ2n) is 7.44. The summed E-state index contributed by atoms with van der Waals surface area (Å²) in [6, 6.07) is 12.4. The fourth-order valence-corrected chi connectivity index (χ4v) is 3.84. The Labute approximate surface area is 158 Å². The second kappa shape index (κ2) is 7.29. The molecule has 0 saturated carbocycles. The SMILES string of the molecule is Cc1cccc(CO[C@@H]2CCOC3(C2)CN(C(=O)c2cccc(O)c2)C3)n1. The van der Waals surface area contributed by atoms with E-state index >= 15 is 0 Å². The van der Waals surface area contributed by atoms with Crippen LogP contribution in [-0.4, -0.2) is 52.3 Å². The van der Waals surface area contributed by atoms with E-state index in [1.807, 2.05) is 25.1 Å². The van der Waals surface area contributed by atoms with Crippen LogP contribution in [0.25, 0.3) is 0 Å². The van der Waals surface area contributed by atoms with Crippen LogP contribution in [0.15, 0.2) is 42.5 Å². The summed E-state index contributed by atoms with van der Waals surface area (Å²) in [5, 5.41) is 9.56. The van der Waals surface area contributed by atoms with E-state index < -0.39 is 0 Å². The number of aromatic nitrogens is 1. The van der Waals surface area contributed by atoms with Gasteiger partial charge in [-0.05, 0) is 43.7 Å². The number of pyridine rings is 1. The van der Waals surface area contributed by atoms with Crippen molar-refractivity contribution in [1.29, 1.82) is 0 Å². The largest absolute Gasteiger partial charge is 0.508 e. The van der Waals surface area contributed by atoms with Crippen molar-refractivity contribution < 1.29 is 19.4 Å². The second-order valence-corrected chi connectivity index (χ2v) is 7.44. The minimum absolute atomic E-state index is 0.0767. The number of carbonyl (C=O) groups excluding carboxylic acids is 1. The topological polar surface area (TPSA) is 71.9 Å². The molecule has 1 aromatic heterocycles. The van der Waals surface area contributed by atoms with Crippen LogP contribution in [0.3, 0.4) is 0 Å². The molecule has 4 rings (SSSR count). The first-order chi connectivity index (χ1) is 13.0. The van der Waals surface area contributed by atoms with Crippen molar-refractivity contribution in [3.05, 3.63) is 59.4 Å².